The summed E-state index contributed by atoms with van der Waals surface area (Å²) in [6.45, 7) is 1.64. The Hall–Kier alpha value is -3.83. The second kappa shape index (κ2) is 7.78. The zero-order chi connectivity index (χ0) is 21.4. The van der Waals surface area contributed by atoms with Crippen molar-refractivity contribution in [3.63, 3.8) is 0 Å². The number of rotatable bonds is 3. The fourth-order valence-corrected chi connectivity index (χ4v) is 4.00. The maximum atomic E-state index is 9.69. The van der Waals surface area contributed by atoms with Gasteiger partial charge < -0.3 is 10.6 Å². The molecule has 1 aliphatic rings. The van der Waals surface area contributed by atoms with Crippen LogP contribution in [0.5, 0.6) is 0 Å². The lowest BCUT2D eigenvalue weighted by molar-refractivity contribution is 0.495. The van der Waals surface area contributed by atoms with E-state index in [0.29, 0.717) is 17.2 Å². The first-order valence-electron chi connectivity index (χ1n) is 10.3. The number of aryl methyl sites for hydroxylation is 1. The monoisotopic (exact) mass is 410 g/mol. The first-order valence-corrected chi connectivity index (χ1v) is 10.3. The number of hydrogen-bond donors (Lipinski definition) is 1. The van der Waals surface area contributed by atoms with Crippen molar-refractivity contribution in [1.82, 2.24) is 24.7 Å². The number of benzene rings is 1. The topological polar surface area (TPSA) is 110 Å². The van der Waals surface area contributed by atoms with Crippen LogP contribution in [0.25, 0.3) is 33.4 Å². The van der Waals surface area contributed by atoms with E-state index in [4.69, 9.17) is 10.7 Å². The van der Waals surface area contributed by atoms with Crippen LogP contribution in [0.3, 0.4) is 0 Å². The molecular formula is C23H22N8. The summed E-state index contributed by atoms with van der Waals surface area (Å²) in [5.41, 5.74) is 10.5. The maximum Gasteiger partial charge on any atom is 0.225 e. The lowest BCUT2D eigenvalue weighted by Crippen LogP contribution is -2.40. The molecule has 1 aromatic carbocycles. The van der Waals surface area contributed by atoms with Crippen molar-refractivity contribution in [2.24, 2.45) is 12.8 Å². The van der Waals surface area contributed by atoms with Crippen LogP contribution in [0.2, 0.25) is 0 Å². The second-order valence-electron chi connectivity index (χ2n) is 7.85. The van der Waals surface area contributed by atoms with Crippen LogP contribution in [0, 0.1) is 11.3 Å². The van der Waals surface area contributed by atoms with Gasteiger partial charge in [-0.15, -0.1) is 0 Å². The Morgan fingerprint density at radius 2 is 1.90 bits per heavy atom. The Morgan fingerprint density at radius 3 is 2.71 bits per heavy atom. The summed E-state index contributed by atoms with van der Waals surface area (Å²) in [6, 6.07) is 12.0. The first kappa shape index (κ1) is 19.2. The Bertz CT molecular complexity index is 1290. The van der Waals surface area contributed by atoms with Crippen LogP contribution in [0.1, 0.15) is 18.4 Å². The minimum Gasteiger partial charge on any atom is -0.341 e. The standard InChI is InChI=1S/C23H22N8/c1-30-14-16-10-20(26-13-21(16)29-30)19-12-27-23(31-8-6-17(25)7-9-31)28-22(19)18-5-3-2-4-15(18)11-24/h2-5,10,12-14,17H,6-9,25H2,1H3. The van der Waals surface area contributed by atoms with E-state index < -0.39 is 0 Å². The average Bonchev–Trinajstić information content (AvgIpc) is 3.18. The molecule has 8 nitrogen and oxygen atoms in total. The molecule has 2 N–H and O–H groups in total. The first-order chi connectivity index (χ1) is 15.1. The van der Waals surface area contributed by atoms with Gasteiger partial charge in [0.05, 0.1) is 29.2 Å². The number of aromatic nitrogens is 5. The van der Waals surface area contributed by atoms with Gasteiger partial charge >= 0.3 is 0 Å². The number of nitrogens with zero attached hydrogens (tertiary/aromatic N) is 7. The number of anilines is 1. The van der Waals surface area contributed by atoms with Crippen LogP contribution in [-0.2, 0) is 7.05 Å². The van der Waals surface area contributed by atoms with Crippen molar-refractivity contribution < 1.29 is 0 Å². The number of nitriles is 1. The van der Waals surface area contributed by atoms with E-state index in [1.807, 2.05) is 43.7 Å². The van der Waals surface area contributed by atoms with Gasteiger partial charge in [0.1, 0.15) is 5.52 Å². The predicted molar refractivity (Wildman–Crippen MR) is 119 cm³/mol. The third-order valence-electron chi connectivity index (χ3n) is 5.68. The molecule has 0 saturated carbocycles. The zero-order valence-corrected chi connectivity index (χ0v) is 17.2. The summed E-state index contributed by atoms with van der Waals surface area (Å²) in [5, 5.41) is 15.1. The van der Waals surface area contributed by atoms with Crippen molar-refractivity contribution in [3.05, 3.63) is 54.5 Å². The molecule has 1 aliphatic heterocycles. The maximum absolute atomic E-state index is 9.69. The van der Waals surface area contributed by atoms with E-state index in [-0.39, 0.29) is 6.04 Å². The van der Waals surface area contributed by atoms with E-state index >= 15 is 0 Å². The SMILES string of the molecule is Cn1cc2cc(-c3cnc(N4CCC(N)CC4)nc3-c3ccccc3C#N)ncc2n1. The van der Waals surface area contributed by atoms with Gasteiger partial charge in [-0.1, -0.05) is 18.2 Å². The Kier molecular flexibility index (Phi) is 4.81. The molecule has 0 aliphatic carbocycles. The van der Waals surface area contributed by atoms with Crippen molar-refractivity contribution in [2.45, 2.75) is 18.9 Å². The molecular weight excluding hydrogens is 388 g/mol. The Labute approximate surface area is 180 Å². The molecule has 0 spiro atoms. The fraction of sp³-hybridized carbons (Fsp3) is 0.261. The van der Waals surface area contributed by atoms with Gasteiger partial charge in [0, 0.05) is 55.1 Å². The molecule has 0 atom stereocenters. The number of nitrogens with two attached hydrogens (primary N) is 1. The summed E-state index contributed by atoms with van der Waals surface area (Å²) >= 11 is 0. The number of hydrogen-bond acceptors (Lipinski definition) is 7. The van der Waals surface area contributed by atoms with E-state index in [1.54, 1.807) is 16.9 Å². The minimum atomic E-state index is 0.227. The molecule has 5 rings (SSSR count). The molecule has 4 aromatic rings. The molecule has 1 fully saturated rings. The van der Waals surface area contributed by atoms with E-state index in [0.717, 1.165) is 53.7 Å². The highest BCUT2D eigenvalue weighted by molar-refractivity contribution is 5.87. The molecule has 4 heterocycles. The molecule has 3 aromatic heterocycles. The molecule has 0 radical (unpaired) electrons. The smallest absolute Gasteiger partial charge is 0.225 e. The summed E-state index contributed by atoms with van der Waals surface area (Å²) in [6.07, 6.45) is 7.34. The molecule has 31 heavy (non-hydrogen) atoms. The van der Waals surface area contributed by atoms with Gasteiger partial charge in [-0.05, 0) is 25.0 Å². The van der Waals surface area contributed by atoms with Crippen LogP contribution in [0.4, 0.5) is 5.95 Å². The number of pyridine rings is 1. The summed E-state index contributed by atoms with van der Waals surface area (Å²) in [5.74, 6) is 0.654. The molecule has 154 valence electrons. The van der Waals surface area contributed by atoms with Crippen LogP contribution in [-0.4, -0.2) is 43.9 Å². The summed E-state index contributed by atoms with van der Waals surface area (Å²) < 4.78 is 1.77. The minimum absolute atomic E-state index is 0.227. The van der Waals surface area contributed by atoms with Crippen LogP contribution >= 0.6 is 0 Å². The molecule has 8 heteroatoms. The summed E-state index contributed by atoms with van der Waals surface area (Å²) in [4.78, 5) is 16.4. The molecule has 1 saturated heterocycles. The fourth-order valence-electron chi connectivity index (χ4n) is 4.00. The van der Waals surface area contributed by atoms with Crippen LogP contribution in [0.15, 0.2) is 48.9 Å². The third-order valence-corrected chi connectivity index (χ3v) is 5.68. The van der Waals surface area contributed by atoms with E-state index in [9.17, 15) is 5.26 Å². The van der Waals surface area contributed by atoms with E-state index in [2.05, 4.69) is 26.0 Å². The summed E-state index contributed by atoms with van der Waals surface area (Å²) in [7, 11) is 1.89. The van der Waals surface area contributed by atoms with Gasteiger partial charge in [0.2, 0.25) is 5.95 Å². The van der Waals surface area contributed by atoms with Crippen molar-refractivity contribution in [1.29, 1.82) is 5.26 Å². The van der Waals surface area contributed by atoms with Crippen molar-refractivity contribution in [2.75, 3.05) is 18.0 Å². The number of fused-ring (bicyclic) bond motifs is 1. The largest absolute Gasteiger partial charge is 0.341 e. The average molecular weight is 410 g/mol. The van der Waals surface area contributed by atoms with E-state index in [1.165, 1.54) is 0 Å². The van der Waals surface area contributed by atoms with Gasteiger partial charge in [0.15, 0.2) is 0 Å². The van der Waals surface area contributed by atoms with Crippen molar-refractivity contribution >= 4 is 16.9 Å². The molecule has 0 unspecified atom stereocenters. The Morgan fingerprint density at radius 1 is 1.10 bits per heavy atom. The van der Waals surface area contributed by atoms with Crippen LogP contribution < -0.4 is 10.6 Å². The normalized spacial score (nSPS) is 14.7. The highest BCUT2D eigenvalue weighted by Crippen LogP contribution is 2.33. The lowest BCUT2D eigenvalue weighted by atomic mass is 9.99. The Balaban J connectivity index is 1.67. The van der Waals surface area contributed by atoms with Gasteiger partial charge in [0.25, 0.3) is 0 Å². The highest BCUT2D eigenvalue weighted by Gasteiger charge is 2.22. The van der Waals surface area contributed by atoms with Crippen molar-refractivity contribution in [3.8, 4) is 28.6 Å². The third kappa shape index (κ3) is 3.60. The predicted octanol–water partition coefficient (Wildman–Crippen LogP) is 2.89. The van der Waals surface area contributed by atoms with Gasteiger partial charge in [-0.2, -0.15) is 10.4 Å². The van der Waals surface area contributed by atoms with Gasteiger partial charge in [-0.3, -0.25) is 9.67 Å². The highest BCUT2D eigenvalue weighted by atomic mass is 15.3. The number of piperidine rings is 1. The quantitative estimate of drug-likeness (QED) is 0.553. The zero-order valence-electron chi connectivity index (χ0n) is 17.2. The molecule has 0 bridgehead atoms. The lowest BCUT2D eigenvalue weighted by Gasteiger charge is -2.30. The second-order valence-corrected chi connectivity index (χ2v) is 7.85. The molecule has 0 amide bonds. The van der Waals surface area contributed by atoms with Gasteiger partial charge in [-0.25, -0.2) is 9.97 Å².